The molecule has 1 saturated heterocycles. The summed E-state index contributed by atoms with van der Waals surface area (Å²) >= 11 is 0. The summed E-state index contributed by atoms with van der Waals surface area (Å²) in [5, 5.41) is 5.70. The summed E-state index contributed by atoms with van der Waals surface area (Å²) in [6.45, 7) is 8.62. The van der Waals surface area contributed by atoms with Crippen LogP contribution < -0.4 is 10.6 Å². The van der Waals surface area contributed by atoms with Crippen LogP contribution in [0.15, 0.2) is 18.2 Å². The SMILES string of the molecule is Cc1cc(C(=O)N2CCCCC2C)ccc1NC(=O)CCCC(=O)NC(C)C. The van der Waals surface area contributed by atoms with Gasteiger partial charge >= 0.3 is 0 Å². The second-order valence-electron chi connectivity index (χ2n) is 8.00. The lowest BCUT2D eigenvalue weighted by atomic mass is 10.0. The Labute approximate surface area is 168 Å². The van der Waals surface area contributed by atoms with E-state index in [1.54, 1.807) is 12.1 Å². The Bertz CT molecular complexity index is 715. The molecule has 0 radical (unpaired) electrons. The Balaban J connectivity index is 1.88. The molecule has 1 aliphatic heterocycles. The first kappa shape index (κ1) is 21.9. The molecular weight excluding hydrogens is 354 g/mol. The minimum atomic E-state index is -0.121. The first-order chi connectivity index (χ1) is 13.3. The number of hydrogen-bond donors (Lipinski definition) is 2. The summed E-state index contributed by atoms with van der Waals surface area (Å²) in [5.41, 5.74) is 2.23. The van der Waals surface area contributed by atoms with E-state index in [2.05, 4.69) is 17.6 Å². The zero-order chi connectivity index (χ0) is 20.7. The number of amides is 3. The van der Waals surface area contributed by atoms with Crippen LogP contribution in [-0.4, -0.2) is 41.2 Å². The number of nitrogens with one attached hydrogen (secondary N) is 2. The monoisotopic (exact) mass is 387 g/mol. The highest BCUT2D eigenvalue weighted by atomic mass is 16.2. The Hall–Kier alpha value is -2.37. The van der Waals surface area contributed by atoms with Gasteiger partial charge in [-0.3, -0.25) is 14.4 Å². The van der Waals surface area contributed by atoms with Crippen molar-refractivity contribution in [2.75, 3.05) is 11.9 Å². The van der Waals surface area contributed by atoms with E-state index < -0.39 is 0 Å². The highest BCUT2D eigenvalue weighted by molar-refractivity contribution is 5.96. The van der Waals surface area contributed by atoms with Crippen molar-refractivity contribution >= 4 is 23.4 Å². The number of carbonyl (C=O) groups excluding carboxylic acids is 3. The van der Waals surface area contributed by atoms with Crippen molar-refractivity contribution in [1.82, 2.24) is 10.2 Å². The number of likely N-dealkylation sites (tertiary alicyclic amines) is 1. The highest BCUT2D eigenvalue weighted by Gasteiger charge is 2.24. The van der Waals surface area contributed by atoms with Crippen molar-refractivity contribution in [3.8, 4) is 0 Å². The molecule has 6 heteroatoms. The molecule has 1 unspecified atom stereocenters. The predicted molar refractivity (Wildman–Crippen MR) is 111 cm³/mol. The standard InChI is InChI=1S/C22H33N3O3/c1-15(2)23-20(26)9-7-10-21(27)24-19-12-11-18(14-16(19)3)22(28)25-13-6-5-8-17(25)4/h11-12,14-15,17H,5-10,13H2,1-4H3,(H,23,26)(H,24,27). The maximum atomic E-state index is 12.8. The average Bonchev–Trinajstić information content (AvgIpc) is 2.62. The van der Waals surface area contributed by atoms with Crippen LogP contribution in [0.25, 0.3) is 0 Å². The molecule has 1 aromatic rings. The van der Waals surface area contributed by atoms with Crippen LogP contribution in [0.4, 0.5) is 5.69 Å². The van der Waals surface area contributed by atoms with E-state index in [1.165, 1.54) is 6.42 Å². The third kappa shape index (κ3) is 6.36. The summed E-state index contributed by atoms with van der Waals surface area (Å²) in [7, 11) is 0. The molecule has 1 aromatic carbocycles. The lowest BCUT2D eigenvalue weighted by molar-refractivity contribution is -0.121. The fourth-order valence-electron chi connectivity index (χ4n) is 3.52. The molecule has 0 aromatic heterocycles. The lowest BCUT2D eigenvalue weighted by Crippen LogP contribution is -2.42. The van der Waals surface area contributed by atoms with Gasteiger partial charge in [0.25, 0.3) is 5.91 Å². The molecule has 0 saturated carbocycles. The molecule has 2 N–H and O–H groups in total. The quantitative estimate of drug-likeness (QED) is 0.750. The summed E-state index contributed by atoms with van der Waals surface area (Å²) < 4.78 is 0. The molecule has 1 fully saturated rings. The maximum Gasteiger partial charge on any atom is 0.254 e. The van der Waals surface area contributed by atoms with Gasteiger partial charge in [-0.05, 0) is 77.1 Å². The topological polar surface area (TPSA) is 78.5 Å². The van der Waals surface area contributed by atoms with Gasteiger partial charge in [-0.2, -0.15) is 0 Å². The fourth-order valence-corrected chi connectivity index (χ4v) is 3.52. The van der Waals surface area contributed by atoms with Crippen molar-refractivity contribution in [2.45, 2.75) is 78.3 Å². The van der Waals surface area contributed by atoms with Crippen LogP contribution in [0.5, 0.6) is 0 Å². The van der Waals surface area contributed by atoms with Crippen LogP contribution in [0, 0.1) is 6.92 Å². The molecule has 3 amide bonds. The van der Waals surface area contributed by atoms with E-state index in [0.29, 0.717) is 24.1 Å². The highest BCUT2D eigenvalue weighted by Crippen LogP contribution is 2.22. The molecule has 1 heterocycles. The van der Waals surface area contributed by atoms with Crippen LogP contribution in [0.1, 0.15) is 75.2 Å². The van der Waals surface area contributed by atoms with Gasteiger partial charge in [0.1, 0.15) is 0 Å². The largest absolute Gasteiger partial charge is 0.354 e. The second-order valence-corrected chi connectivity index (χ2v) is 8.00. The number of aryl methyl sites for hydroxylation is 1. The fraction of sp³-hybridized carbons (Fsp3) is 0.591. The summed E-state index contributed by atoms with van der Waals surface area (Å²) in [4.78, 5) is 38.5. The normalized spacial score (nSPS) is 16.8. The molecule has 0 bridgehead atoms. The number of nitrogens with zero attached hydrogens (tertiary/aromatic N) is 1. The van der Waals surface area contributed by atoms with Crippen LogP contribution >= 0.6 is 0 Å². The van der Waals surface area contributed by atoms with Gasteiger partial charge in [0.15, 0.2) is 0 Å². The minimum absolute atomic E-state index is 0.0335. The maximum absolute atomic E-state index is 12.8. The van der Waals surface area contributed by atoms with E-state index in [9.17, 15) is 14.4 Å². The minimum Gasteiger partial charge on any atom is -0.354 e. The van der Waals surface area contributed by atoms with Gasteiger partial charge in [-0.15, -0.1) is 0 Å². The molecule has 154 valence electrons. The average molecular weight is 388 g/mol. The van der Waals surface area contributed by atoms with E-state index in [0.717, 1.165) is 24.9 Å². The van der Waals surface area contributed by atoms with Crippen LogP contribution in [-0.2, 0) is 9.59 Å². The van der Waals surface area contributed by atoms with Gasteiger partial charge in [-0.25, -0.2) is 0 Å². The van der Waals surface area contributed by atoms with E-state index in [-0.39, 0.29) is 36.2 Å². The third-order valence-corrected chi connectivity index (χ3v) is 5.07. The number of benzene rings is 1. The summed E-state index contributed by atoms with van der Waals surface area (Å²) in [5.74, 6) is -0.0951. The van der Waals surface area contributed by atoms with Gasteiger partial charge < -0.3 is 15.5 Å². The Morgan fingerprint density at radius 1 is 1.14 bits per heavy atom. The molecule has 2 rings (SSSR count). The van der Waals surface area contributed by atoms with Crippen molar-refractivity contribution < 1.29 is 14.4 Å². The van der Waals surface area contributed by atoms with Gasteiger partial charge in [-0.1, -0.05) is 0 Å². The van der Waals surface area contributed by atoms with Crippen LogP contribution in [0.3, 0.4) is 0 Å². The van der Waals surface area contributed by atoms with Gasteiger partial charge in [0.05, 0.1) is 0 Å². The first-order valence-electron chi connectivity index (χ1n) is 10.3. The molecular formula is C22H33N3O3. The Morgan fingerprint density at radius 3 is 2.50 bits per heavy atom. The summed E-state index contributed by atoms with van der Waals surface area (Å²) in [6, 6.07) is 5.80. The van der Waals surface area contributed by atoms with Crippen molar-refractivity contribution in [1.29, 1.82) is 0 Å². The van der Waals surface area contributed by atoms with E-state index in [1.807, 2.05) is 31.7 Å². The molecule has 28 heavy (non-hydrogen) atoms. The smallest absolute Gasteiger partial charge is 0.254 e. The second kappa shape index (κ2) is 10.2. The van der Waals surface area contributed by atoms with Crippen molar-refractivity contribution in [2.24, 2.45) is 0 Å². The number of piperidine rings is 1. The zero-order valence-electron chi connectivity index (χ0n) is 17.5. The molecule has 6 nitrogen and oxygen atoms in total. The lowest BCUT2D eigenvalue weighted by Gasteiger charge is -2.33. The number of hydrogen-bond acceptors (Lipinski definition) is 3. The molecule has 1 atom stereocenters. The molecule has 0 spiro atoms. The van der Waals surface area contributed by atoms with Crippen molar-refractivity contribution in [3.63, 3.8) is 0 Å². The van der Waals surface area contributed by atoms with E-state index in [4.69, 9.17) is 0 Å². The molecule has 1 aliphatic rings. The first-order valence-corrected chi connectivity index (χ1v) is 10.3. The number of anilines is 1. The zero-order valence-corrected chi connectivity index (χ0v) is 17.5. The number of rotatable bonds is 7. The Kier molecular flexibility index (Phi) is 8.03. The van der Waals surface area contributed by atoms with Crippen LogP contribution in [0.2, 0.25) is 0 Å². The summed E-state index contributed by atoms with van der Waals surface area (Å²) in [6.07, 6.45) is 4.41. The van der Waals surface area contributed by atoms with Gasteiger partial charge in [0.2, 0.25) is 11.8 Å². The third-order valence-electron chi connectivity index (χ3n) is 5.07. The van der Waals surface area contributed by atoms with Gasteiger partial charge in [0, 0.05) is 42.7 Å². The number of carbonyl (C=O) groups is 3. The van der Waals surface area contributed by atoms with Crippen molar-refractivity contribution in [3.05, 3.63) is 29.3 Å². The van der Waals surface area contributed by atoms with E-state index >= 15 is 0 Å². The predicted octanol–water partition coefficient (Wildman–Crippen LogP) is 3.64. The molecule has 0 aliphatic carbocycles. The Morgan fingerprint density at radius 2 is 1.86 bits per heavy atom.